The first-order valence-electron chi connectivity index (χ1n) is 5.57. The monoisotopic (exact) mass is 278 g/mol. The van der Waals surface area contributed by atoms with E-state index in [0.717, 1.165) is 15.5 Å². The number of hydrogen-bond donors (Lipinski definition) is 1. The fourth-order valence-corrected chi connectivity index (χ4v) is 2.90. The summed E-state index contributed by atoms with van der Waals surface area (Å²) in [5, 5.41) is 3.51. The number of aryl methyl sites for hydroxylation is 2. The van der Waals surface area contributed by atoms with Crippen LogP contribution in [-0.2, 0) is 4.79 Å². The van der Waals surface area contributed by atoms with Gasteiger partial charge < -0.3 is 5.32 Å². The molecule has 0 radical (unpaired) electrons. The summed E-state index contributed by atoms with van der Waals surface area (Å²) in [6.45, 7) is 3.95. The number of amides is 1. The highest BCUT2D eigenvalue weighted by Gasteiger charge is 2.08. The standard InChI is InChI=1S/C13H14N2OS2/c1-9-10(2)18-13(14-9)15-12(16)8-17-11-6-4-3-5-7-11/h3-7H,8H2,1-2H3,(H,14,15,16). The van der Waals surface area contributed by atoms with E-state index in [1.54, 1.807) is 0 Å². The van der Waals surface area contributed by atoms with Gasteiger partial charge in [-0.2, -0.15) is 0 Å². The molecule has 1 heterocycles. The number of nitrogens with one attached hydrogen (secondary N) is 1. The maximum absolute atomic E-state index is 11.7. The molecule has 0 bridgehead atoms. The Balaban J connectivity index is 1.86. The average Bonchev–Trinajstić information content (AvgIpc) is 2.67. The number of anilines is 1. The van der Waals surface area contributed by atoms with Crippen molar-refractivity contribution in [3.8, 4) is 0 Å². The van der Waals surface area contributed by atoms with Crippen molar-refractivity contribution in [3.05, 3.63) is 40.9 Å². The quantitative estimate of drug-likeness (QED) is 0.870. The van der Waals surface area contributed by atoms with Gasteiger partial charge in [0.05, 0.1) is 11.4 Å². The molecule has 0 fully saturated rings. The normalized spacial score (nSPS) is 10.3. The van der Waals surface area contributed by atoms with Crippen LogP contribution in [-0.4, -0.2) is 16.6 Å². The first-order valence-corrected chi connectivity index (χ1v) is 7.37. The zero-order valence-electron chi connectivity index (χ0n) is 10.3. The molecule has 1 aromatic carbocycles. The Bertz CT molecular complexity index is 518. The first kappa shape index (κ1) is 13.1. The molecule has 18 heavy (non-hydrogen) atoms. The molecule has 1 N–H and O–H groups in total. The van der Waals surface area contributed by atoms with E-state index in [0.29, 0.717) is 10.9 Å². The molecule has 0 unspecified atom stereocenters. The molecule has 1 aromatic heterocycles. The number of carbonyl (C=O) groups is 1. The van der Waals surface area contributed by atoms with Crippen molar-refractivity contribution in [1.29, 1.82) is 0 Å². The summed E-state index contributed by atoms with van der Waals surface area (Å²) in [6.07, 6.45) is 0. The number of nitrogens with zero attached hydrogens (tertiary/aromatic N) is 1. The lowest BCUT2D eigenvalue weighted by atomic mass is 10.4. The Hall–Kier alpha value is -1.33. The van der Waals surface area contributed by atoms with Crippen molar-refractivity contribution in [2.75, 3.05) is 11.1 Å². The summed E-state index contributed by atoms with van der Waals surface area (Å²) in [5.74, 6) is 0.388. The molecule has 2 aromatic rings. The van der Waals surface area contributed by atoms with E-state index in [4.69, 9.17) is 0 Å². The van der Waals surface area contributed by atoms with Gasteiger partial charge in [-0.1, -0.05) is 18.2 Å². The van der Waals surface area contributed by atoms with E-state index in [1.165, 1.54) is 23.1 Å². The summed E-state index contributed by atoms with van der Waals surface area (Å²) < 4.78 is 0. The van der Waals surface area contributed by atoms with Gasteiger partial charge >= 0.3 is 0 Å². The zero-order chi connectivity index (χ0) is 13.0. The average molecular weight is 278 g/mol. The van der Waals surface area contributed by atoms with E-state index in [-0.39, 0.29) is 5.91 Å². The lowest BCUT2D eigenvalue weighted by molar-refractivity contribution is -0.113. The van der Waals surface area contributed by atoms with Crippen LogP contribution in [0.3, 0.4) is 0 Å². The molecule has 0 aliphatic heterocycles. The number of carbonyl (C=O) groups excluding carboxylic acids is 1. The van der Waals surface area contributed by atoms with Gasteiger partial charge in [-0.25, -0.2) is 4.98 Å². The lowest BCUT2D eigenvalue weighted by Gasteiger charge is -2.01. The van der Waals surface area contributed by atoms with E-state index in [1.807, 2.05) is 44.2 Å². The highest BCUT2D eigenvalue weighted by Crippen LogP contribution is 2.22. The molecule has 94 valence electrons. The van der Waals surface area contributed by atoms with Crippen molar-refractivity contribution in [2.45, 2.75) is 18.7 Å². The number of thioether (sulfide) groups is 1. The number of aromatic nitrogens is 1. The number of benzene rings is 1. The second-order valence-corrected chi connectivity index (χ2v) is 6.06. The Morgan fingerprint density at radius 1 is 1.33 bits per heavy atom. The van der Waals surface area contributed by atoms with Gasteiger partial charge in [-0.3, -0.25) is 4.79 Å². The van der Waals surface area contributed by atoms with Crippen molar-refractivity contribution < 1.29 is 4.79 Å². The molecule has 3 nitrogen and oxygen atoms in total. The predicted octanol–water partition coefficient (Wildman–Crippen LogP) is 3.49. The molecule has 2 rings (SSSR count). The number of rotatable bonds is 4. The van der Waals surface area contributed by atoms with Gasteiger partial charge in [0.15, 0.2) is 5.13 Å². The van der Waals surface area contributed by atoms with Crippen LogP contribution < -0.4 is 5.32 Å². The topological polar surface area (TPSA) is 42.0 Å². The summed E-state index contributed by atoms with van der Waals surface area (Å²) in [7, 11) is 0. The van der Waals surface area contributed by atoms with Gasteiger partial charge in [0.2, 0.25) is 5.91 Å². The molecule has 0 spiro atoms. The summed E-state index contributed by atoms with van der Waals surface area (Å²) in [6, 6.07) is 9.89. The molecular weight excluding hydrogens is 264 g/mol. The second-order valence-electron chi connectivity index (χ2n) is 3.81. The van der Waals surface area contributed by atoms with Crippen LogP contribution in [0.2, 0.25) is 0 Å². The molecule has 1 amide bonds. The maximum atomic E-state index is 11.7. The van der Waals surface area contributed by atoms with Crippen LogP contribution in [0, 0.1) is 13.8 Å². The summed E-state index contributed by atoms with van der Waals surface area (Å²) in [4.78, 5) is 18.3. The summed E-state index contributed by atoms with van der Waals surface area (Å²) >= 11 is 3.04. The SMILES string of the molecule is Cc1nc(NC(=O)CSc2ccccc2)sc1C. The third-order valence-electron chi connectivity index (χ3n) is 2.39. The van der Waals surface area contributed by atoms with Crippen LogP contribution >= 0.6 is 23.1 Å². The van der Waals surface area contributed by atoms with Crippen LogP contribution in [0.25, 0.3) is 0 Å². The van der Waals surface area contributed by atoms with E-state index in [9.17, 15) is 4.79 Å². The van der Waals surface area contributed by atoms with Crippen molar-refractivity contribution in [2.24, 2.45) is 0 Å². The van der Waals surface area contributed by atoms with Gasteiger partial charge in [-0.05, 0) is 26.0 Å². The Kier molecular flexibility index (Phi) is 4.38. The smallest absolute Gasteiger partial charge is 0.236 e. The highest BCUT2D eigenvalue weighted by atomic mass is 32.2. The molecule has 0 aliphatic carbocycles. The maximum Gasteiger partial charge on any atom is 0.236 e. The Morgan fingerprint density at radius 2 is 2.06 bits per heavy atom. The van der Waals surface area contributed by atoms with Gasteiger partial charge in [0, 0.05) is 9.77 Å². The Morgan fingerprint density at radius 3 is 2.67 bits per heavy atom. The van der Waals surface area contributed by atoms with Gasteiger partial charge in [0.25, 0.3) is 0 Å². The molecule has 0 atom stereocenters. The summed E-state index contributed by atoms with van der Waals surface area (Å²) in [5.41, 5.74) is 0.978. The Labute approximate surface area is 115 Å². The number of thiazole rings is 1. The minimum absolute atomic E-state index is 0.0161. The molecular formula is C13H14N2OS2. The first-order chi connectivity index (χ1) is 8.65. The van der Waals surface area contributed by atoms with Crippen LogP contribution in [0.5, 0.6) is 0 Å². The van der Waals surface area contributed by atoms with Crippen molar-refractivity contribution in [3.63, 3.8) is 0 Å². The van der Waals surface area contributed by atoms with Crippen LogP contribution in [0.4, 0.5) is 5.13 Å². The van der Waals surface area contributed by atoms with E-state index in [2.05, 4.69) is 10.3 Å². The number of hydrogen-bond acceptors (Lipinski definition) is 4. The van der Waals surface area contributed by atoms with E-state index >= 15 is 0 Å². The van der Waals surface area contributed by atoms with Crippen LogP contribution in [0.15, 0.2) is 35.2 Å². The largest absolute Gasteiger partial charge is 0.301 e. The highest BCUT2D eigenvalue weighted by molar-refractivity contribution is 8.00. The van der Waals surface area contributed by atoms with Gasteiger partial charge in [-0.15, -0.1) is 23.1 Å². The molecule has 0 saturated carbocycles. The van der Waals surface area contributed by atoms with Gasteiger partial charge in [0.1, 0.15) is 0 Å². The van der Waals surface area contributed by atoms with E-state index < -0.39 is 0 Å². The molecule has 0 saturated heterocycles. The zero-order valence-corrected chi connectivity index (χ0v) is 11.9. The molecule has 0 aliphatic rings. The van der Waals surface area contributed by atoms with Crippen molar-refractivity contribution >= 4 is 34.1 Å². The van der Waals surface area contributed by atoms with Crippen molar-refractivity contribution in [1.82, 2.24) is 4.98 Å². The lowest BCUT2D eigenvalue weighted by Crippen LogP contribution is -2.13. The minimum atomic E-state index is -0.0161. The third-order valence-corrected chi connectivity index (χ3v) is 4.39. The second kappa shape index (κ2) is 6.02. The minimum Gasteiger partial charge on any atom is -0.301 e. The fraction of sp³-hybridized carbons (Fsp3) is 0.231. The molecule has 5 heteroatoms. The third kappa shape index (κ3) is 3.58. The predicted molar refractivity (Wildman–Crippen MR) is 77.4 cm³/mol. The van der Waals surface area contributed by atoms with Crippen LogP contribution in [0.1, 0.15) is 10.6 Å². The fourth-order valence-electron chi connectivity index (χ4n) is 1.35.